The molecule has 16 heavy (non-hydrogen) atoms. The Morgan fingerprint density at radius 1 is 1.44 bits per heavy atom. The predicted octanol–water partition coefficient (Wildman–Crippen LogP) is 1.73. The minimum atomic E-state index is -0.452. The number of nitrogens with zero attached hydrogens (tertiary/aromatic N) is 2. The fourth-order valence-electron chi connectivity index (χ4n) is 1.79. The molecular formula is C12H13FN2O. The number of ether oxygens (including phenoxy) is 1. The van der Waals surface area contributed by atoms with E-state index in [1.807, 2.05) is 12.1 Å². The zero-order valence-corrected chi connectivity index (χ0v) is 8.90. The average molecular weight is 220 g/mol. The Kier molecular flexibility index (Phi) is 3.37. The molecule has 4 heteroatoms. The minimum absolute atomic E-state index is 0.329. The molecule has 0 saturated carbocycles. The van der Waals surface area contributed by atoms with Crippen LogP contribution in [0, 0.1) is 11.3 Å². The van der Waals surface area contributed by atoms with Crippen LogP contribution in [0.25, 0.3) is 0 Å². The molecule has 1 atom stereocenters. The highest BCUT2D eigenvalue weighted by molar-refractivity contribution is 5.50. The lowest BCUT2D eigenvalue weighted by molar-refractivity contribution is 0.0247. The largest absolute Gasteiger partial charge is 0.372 e. The van der Waals surface area contributed by atoms with Crippen molar-refractivity contribution in [3.63, 3.8) is 0 Å². The van der Waals surface area contributed by atoms with E-state index in [0.29, 0.717) is 18.7 Å². The van der Waals surface area contributed by atoms with Crippen molar-refractivity contribution in [2.45, 2.75) is 6.10 Å². The molecule has 1 aromatic carbocycles. The van der Waals surface area contributed by atoms with Crippen LogP contribution in [-0.2, 0) is 4.74 Å². The van der Waals surface area contributed by atoms with Crippen LogP contribution in [0.5, 0.6) is 0 Å². The molecule has 0 N–H and O–H groups in total. The summed E-state index contributed by atoms with van der Waals surface area (Å²) in [7, 11) is 0. The molecule has 0 amide bonds. The molecule has 2 rings (SSSR count). The summed E-state index contributed by atoms with van der Waals surface area (Å²) in [6, 6.07) is 9.40. The molecule has 1 saturated heterocycles. The fraction of sp³-hybridized carbons (Fsp3) is 0.417. The van der Waals surface area contributed by atoms with Crippen LogP contribution in [0.4, 0.5) is 10.1 Å². The van der Waals surface area contributed by atoms with E-state index in [1.54, 1.807) is 12.1 Å². The smallest absolute Gasteiger partial charge is 0.117 e. The quantitative estimate of drug-likeness (QED) is 0.761. The summed E-state index contributed by atoms with van der Waals surface area (Å²) in [6.07, 6.45) is -0.329. The van der Waals surface area contributed by atoms with Crippen molar-refractivity contribution in [3.8, 4) is 6.07 Å². The van der Waals surface area contributed by atoms with Crippen LogP contribution in [0.3, 0.4) is 0 Å². The first-order chi connectivity index (χ1) is 7.83. The zero-order valence-electron chi connectivity index (χ0n) is 8.90. The van der Waals surface area contributed by atoms with E-state index in [2.05, 4.69) is 11.0 Å². The van der Waals surface area contributed by atoms with Crippen molar-refractivity contribution in [2.75, 3.05) is 31.3 Å². The van der Waals surface area contributed by atoms with Crippen LogP contribution in [0.15, 0.2) is 24.3 Å². The Hall–Kier alpha value is -1.60. The fourth-order valence-corrected chi connectivity index (χ4v) is 1.79. The van der Waals surface area contributed by atoms with Crippen molar-refractivity contribution < 1.29 is 9.13 Å². The Bertz CT molecular complexity index is 385. The Morgan fingerprint density at radius 2 is 2.19 bits per heavy atom. The van der Waals surface area contributed by atoms with Gasteiger partial charge in [0.05, 0.1) is 18.2 Å². The van der Waals surface area contributed by atoms with Gasteiger partial charge < -0.3 is 9.64 Å². The van der Waals surface area contributed by atoms with Crippen molar-refractivity contribution in [3.05, 3.63) is 29.8 Å². The maximum Gasteiger partial charge on any atom is 0.117 e. The van der Waals surface area contributed by atoms with Gasteiger partial charge in [0, 0.05) is 18.8 Å². The van der Waals surface area contributed by atoms with Crippen molar-refractivity contribution in [1.82, 2.24) is 0 Å². The summed E-state index contributed by atoms with van der Waals surface area (Å²) in [5, 5.41) is 8.69. The number of rotatable bonds is 2. The van der Waals surface area contributed by atoms with Gasteiger partial charge >= 0.3 is 0 Å². The van der Waals surface area contributed by atoms with E-state index >= 15 is 0 Å². The first-order valence-corrected chi connectivity index (χ1v) is 5.26. The maximum absolute atomic E-state index is 12.5. The van der Waals surface area contributed by atoms with Gasteiger partial charge in [0.1, 0.15) is 12.8 Å². The van der Waals surface area contributed by atoms with Gasteiger partial charge in [-0.05, 0) is 24.3 Å². The molecule has 0 radical (unpaired) electrons. The highest BCUT2D eigenvalue weighted by Gasteiger charge is 2.20. The summed E-state index contributed by atoms with van der Waals surface area (Å²) in [6.45, 7) is 1.44. The summed E-state index contributed by atoms with van der Waals surface area (Å²) >= 11 is 0. The van der Waals surface area contributed by atoms with Crippen LogP contribution in [0.2, 0.25) is 0 Å². The normalized spacial score (nSPS) is 20.5. The second-order valence-corrected chi connectivity index (χ2v) is 3.75. The van der Waals surface area contributed by atoms with Crippen molar-refractivity contribution >= 4 is 5.69 Å². The van der Waals surface area contributed by atoms with E-state index in [4.69, 9.17) is 10.00 Å². The summed E-state index contributed by atoms with van der Waals surface area (Å²) in [5.41, 5.74) is 1.65. The number of halogens is 1. The van der Waals surface area contributed by atoms with Crippen LogP contribution < -0.4 is 4.90 Å². The van der Waals surface area contributed by atoms with Crippen LogP contribution in [-0.4, -0.2) is 32.5 Å². The molecule has 1 aromatic rings. The third-order valence-electron chi connectivity index (χ3n) is 2.67. The molecule has 3 nitrogen and oxygen atoms in total. The number of alkyl halides is 1. The molecule has 0 aromatic heterocycles. The number of morpholine rings is 1. The highest BCUT2D eigenvalue weighted by Crippen LogP contribution is 2.18. The molecule has 0 aliphatic carbocycles. The highest BCUT2D eigenvalue weighted by atomic mass is 19.1. The maximum atomic E-state index is 12.5. The van der Waals surface area contributed by atoms with Gasteiger partial charge in [0.25, 0.3) is 0 Å². The minimum Gasteiger partial charge on any atom is -0.372 e. The van der Waals surface area contributed by atoms with E-state index in [0.717, 1.165) is 12.2 Å². The predicted molar refractivity (Wildman–Crippen MR) is 59.1 cm³/mol. The number of hydrogen-bond acceptors (Lipinski definition) is 3. The molecule has 0 bridgehead atoms. The molecule has 1 aliphatic rings. The molecule has 0 unspecified atom stereocenters. The van der Waals surface area contributed by atoms with E-state index in [-0.39, 0.29) is 6.10 Å². The van der Waals surface area contributed by atoms with E-state index in [9.17, 15) is 4.39 Å². The summed E-state index contributed by atoms with van der Waals surface area (Å²) in [4.78, 5) is 2.08. The monoisotopic (exact) mass is 220 g/mol. The lowest BCUT2D eigenvalue weighted by Gasteiger charge is -2.33. The van der Waals surface area contributed by atoms with E-state index < -0.39 is 6.67 Å². The van der Waals surface area contributed by atoms with E-state index in [1.165, 1.54) is 0 Å². The van der Waals surface area contributed by atoms with Gasteiger partial charge in [-0.25, -0.2) is 4.39 Å². The number of benzene rings is 1. The molecule has 0 spiro atoms. The van der Waals surface area contributed by atoms with Gasteiger partial charge in [-0.3, -0.25) is 0 Å². The molecule has 1 heterocycles. The number of hydrogen-bond donors (Lipinski definition) is 0. The number of nitriles is 1. The second kappa shape index (κ2) is 4.95. The summed E-state index contributed by atoms with van der Waals surface area (Å²) in [5.74, 6) is 0. The molecule has 1 aliphatic heterocycles. The standard InChI is InChI=1S/C12H13FN2O/c13-7-12-9-15(5-6-16-12)11-3-1-10(8-14)2-4-11/h1-4,12H,5-7,9H2/t12-/m1/s1. The van der Waals surface area contributed by atoms with Crippen LogP contribution >= 0.6 is 0 Å². The number of anilines is 1. The molecule has 84 valence electrons. The average Bonchev–Trinajstić information content (AvgIpc) is 2.39. The Balaban J connectivity index is 2.08. The van der Waals surface area contributed by atoms with Crippen molar-refractivity contribution in [2.24, 2.45) is 0 Å². The molecule has 1 fully saturated rings. The third-order valence-corrected chi connectivity index (χ3v) is 2.67. The zero-order chi connectivity index (χ0) is 11.4. The summed E-state index contributed by atoms with van der Waals surface area (Å²) < 4.78 is 17.7. The second-order valence-electron chi connectivity index (χ2n) is 3.75. The molecular weight excluding hydrogens is 207 g/mol. The first kappa shape index (κ1) is 10.9. The first-order valence-electron chi connectivity index (χ1n) is 5.26. The third kappa shape index (κ3) is 2.31. The topological polar surface area (TPSA) is 36.3 Å². The van der Waals surface area contributed by atoms with Gasteiger partial charge in [0.15, 0.2) is 0 Å². The van der Waals surface area contributed by atoms with Gasteiger partial charge in [-0.2, -0.15) is 5.26 Å². The SMILES string of the molecule is N#Cc1ccc(N2CCO[C@H](CF)C2)cc1. The van der Waals surface area contributed by atoms with Crippen LogP contribution in [0.1, 0.15) is 5.56 Å². The van der Waals surface area contributed by atoms with Crippen molar-refractivity contribution in [1.29, 1.82) is 5.26 Å². The van der Waals surface area contributed by atoms with Gasteiger partial charge in [-0.1, -0.05) is 0 Å². The Labute approximate surface area is 94.0 Å². The van der Waals surface area contributed by atoms with Gasteiger partial charge in [-0.15, -0.1) is 0 Å². The lowest BCUT2D eigenvalue weighted by atomic mass is 10.2. The Morgan fingerprint density at radius 3 is 2.81 bits per heavy atom. The lowest BCUT2D eigenvalue weighted by Crippen LogP contribution is -2.43. The van der Waals surface area contributed by atoms with Gasteiger partial charge in [0.2, 0.25) is 0 Å².